The van der Waals surface area contributed by atoms with Gasteiger partial charge in [0.2, 0.25) is 0 Å². The van der Waals surface area contributed by atoms with E-state index in [-0.39, 0.29) is 11.6 Å². The number of likely N-dealkylation sites (tertiary alicyclic amines) is 1. The normalized spacial score (nSPS) is 17.1. The third-order valence-corrected chi connectivity index (χ3v) is 6.41. The number of nitro benzene ring substituents is 1. The maximum atomic E-state index is 13.0. The van der Waals surface area contributed by atoms with Crippen molar-refractivity contribution in [2.24, 2.45) is 0 Å². The van der Waals surface area contributed by atoms with Gasteiger partial charge in [-0.1, -0.05) is 11.6 Å². The molecule has 1 aromatic heterocycles. The summed E-state index contributed by atoms with van der Waals surface area (Å²) in [5, 5.41) is 11.7. The number of benzene rings is 1. The van der Waals surface area contributed by atoms with Crippen LogP contribution in [0.5, 0.6) is 0 Å². The minimum absolute atomic E-state index is 0.0971. The molecule has 2 fully saturated rings. The topological polar surface area (TPSA) is 82.8 Å². The van der Waals surface area contributed by atoms with E-state index in [9.17, 15) is 28.1 Å². The number of halogens is 4. The van der Waals surface area contributed by atoms with Crippen LogP contribution < -0.4 is 9.80 Å². The molecule has 34 heavy (non-hydrogen) atoms. The van der Waals surface area contributed by atoms with Crippen molar-refractivity contribution < 1.29 is 22.9 Å². The van der Waals surface area contributed by atoms with Crippen LogP contribution in [0.15, 0.2) is 30.5 Å². The zero-order chi connectivity index (χ0) is 24.5. The second-order valence-corrected chi connectivity index (χ2v) is 8.72. The maximum Gasteiger partial charge on any atom is 0.416 e. The van der Waals surface area contributed by atoms with E-state index in [1.165, 1.54) is 6.20 Å². The summed E-state index contributed by atoms with van der Waals surface area (Å²) in [7, 11) is 0. The molecule has 2 saturated heterocycles. The van der Waals surface area contributed by atoms with Crippen molar-refractivity contribution in [1.82, 2.24) is 9.88 Å². The van der Waals surface area contributed by atoms with Crippen molar-refractivity contribution in [2.75, 3.05) is 49.1 Å². The average Bonchev–Trinajstić information content (AvgIpc) is 2.83. The van der Waals surface area contributed by atoms with Gasteiger partial charge in [-0.25, -0.2) is 4.98 Å². The Balaban J connectivity index is 1.46. The number of anilines is 2. The molecule has 0 saturated carbocycles. The summed E-state index contributed by atoms with van der Waals surface area (Å²) >= 11 is 6.44. The number of carbonyl (C=O) groups excluding carboxylic acids is 1. The second kappa shape index (κ2) is 9.65. The largest absolute Gasteiger partial charge is 0.416 e. The van der Waals surface area contributed by atoms with E-state index < -0.39 is 22.4 Å². The lowest BCUT2D eigenvalue weighted by molar-refractivity contribution is -0.384. The predicted octanol–water partition coefficient (Wildman–Crippen LogP) is 4.61. The summed E-state index contributed by atoms with van der Waals surface area (Å²) in [6.45, 7) is 2.92. The first kappa shape index (κ1) is 24.1. The quantitative estimate of drug-likeness (QED) is 0.453. The minimum atomic E-state index is -4.66. The molecule has 12 heteroatoms. The van der Waals surface area contributed by atoms with E-state index in [1.807, 2.05) is 4.90 Å². The molecule has 8 nitrogen and oxygen atoms in total. The second-order valence-electron chi connectivity index (χ2n) is 8.31. The van der Waals surface area contributed by atoms with Crippen molar-refractivity contribution in [3.8, 4) is 0 Å². The highest BCUT2D eigenvalue weighted by Crippen LogP contribution is 2.37. The third-order valence-electron chi connectivity index (χ3n) is 6.13. The van der Waals surface area contributed by atoms with Crippen LogP contribution in [0.3, 0.4) is 0 Å². The van der Waals surface area contributed by atoms with Crippen LogP contribution in [-0.2, 0) is 6.18 Å². The van der Waals surface area contributed by atoms with Crippen LogP contribution >= 0.6 is 11.6 Å². The minimum Gasteiger partial charge on any atom is -0.362 e. The van der Waals surface area contributed by atoms with Gasteiger partial charge >= 0.3 is 6.18 Å². The number of piperidine rings is 1. The predicted molar refractivity (Wildman–Crippen MR) is 122 cm³/mol. The van der Waals surface area contributed by atoms with E-state index in [1.54, 1.807) is 15.9 Å². The van der Waals surface area contributed by atoms with Crippen molar-refractivity contribution in [3.05, 3.63) is 56.7 Å². The highest BCUT2D eigenvalue weighted by molar-refractivity contribution is 6.33. The highest BCUT2D eigenvalue weighted by atomic mass is 35.5. The van der Waals surface area contributed by atoms with Crippen LogP contribution in [0, 0.1) is 10.1 Å². The van der Waals surface area contributed by atoms with Gasteiger partial charge < -0.3 is 14.7 Å². The number of hydrogen-bond acceptors (Lipinski definition) is 6. The van der Waals surface area contributed by atoms with E-state index in [0.717, 1.165) is 44.5 Å². The number of aromatic nitrogens is 1. The van der Waals surface area contributed by atoms with Crippen LogP contribution in [-0.4, -0.2) is 60.0 Å². The van der Waals surface area contributed by atoms with Crippen LogP contribution in [0.2, 0.25) is 5.02 Å². The van der Waals surface area contributed by atoms with Gasteiger partial charge in [-0.3, -0.25) is 14.9 Å². The summed E-state index contributed by atoms with van der Waals surface area (Å²) in [5.41, 5.74) is -1.08. The zero-order valence-electron chi connectivity index (χ0n) is 18.2. The molecule has 0 atom stereocenters. The summed E-state index contributed by atoms with van der Waals surface area (Å²) in [5.74, 6) is 0.401. The molecule has 2 aliphatic heterocycles. The molecule has 0 radical (unpaired) electrons. The summed E-state index contributed by atoms with van der Waals surface area (Å²) < 4.78 is 38.9. The van der Waals surface area contributed by atoms with Crippen molar-refractivity contribution in [1.29, 1.82) is 0 Å². The first-order valence-corrected chi connectivity index (χ1v) is 11.3. The van der Waals surface area contributed by atoms with Gasteiger partial charge in [0.1, 0.15) is 11.5 Å². The number of alkyl halides is 3. The van der Waals surface area contributed by atoms with E-state index in [0.29, 0.717) is 48.6 Å². The molecule has 182 valence electrons. The third kappa shape index (κ3) is 5.03. The fourth-order valence-electron chi connectivity index (χ4n) is 4.33. The molecule has 4 rings (SSSR count). The average molecular weight is 498 g/mol. The monoisotopic (exact) mass is 497 g/mol. The Morgan fingerprint density at radius 2 is 1.65 bits per heavy atom. The van der Waals surface area contributed by atoms with Crippen LogP contribution in [0.25, 0.3) is 0 Å². The first-order chi connectivity index (χ1) is 16.1. The van der Waals surface area contributed by atoms with Gasteiger partial charge in [0, 0.05) is 51.5 Å². The molecular formula is C22H23ClF3N5O3. The van der Waals surface area contributed by atoms with E-state index in [4.69, 9.17) is 11.6 Å². The summed E-state index contributed by atoms with van der Waals surface area (Å²) in [6.07, 6.45) is -0.0841. The Morgan fingerprint density at radius 3 is 2.24 bits per heavy atom. The number of carbonyl (C=O) groups is 1. The van der Waals surface area contributed by atoms with Crippen LogP contribution in [0.1, 0.15) is 35.2 Å². The molecule has 2 aromatic rings. The van der Waals surface area contributed by atoms with Gasteiger partial charge in [-0.05, 0) is 37.5 Å². The Kier molecular flexibility index (Phi) is 6.83. The first-order valence-electron chi connectivity index (χ1n) is 11.0. The molecule has 1 aromatic carbocycles. The molecule has 0 bridgehead atoms. The molecule has 0 unspecified atom stereocenters. The molecule has 0 aliphatic carbocycles. The number of piperazine rings is 1. The maximum absolute atomic E-state index is 13.0. The molecule has 0 N–H and O–H groups in total. The Hall–Kier alpha value is -3.08. The van der Waals surface area contributed by atoms with Gasteiger partial charge in [0.25, 0.3) is 11.6 Å². The number of pyridine rings is 1. The number of amides is 1. The standard InChI is InChI=1S/C22H23ClF3N5O3/c23-17-12-15(21(32)30-6-2-1-3-7-30)14-27-20(17)29-10-8-28(9-11-29)18-5-4-16(22(24,25)26)13-19(18)31(33)34/h4-5,12-14H,1-3,6-11H2. The van der Waals surface area contributed by atoms with Gasteiger partial charge in [-0.2, -0.15) is 13.2 Å². The van der Waals surface area contributed by atoms with Gasteiger partial charge in [0.05, 0.1) is 21.1 Å². The molecule has 3 heterocycles. The lowest BCUT2D eigenvalue weighted by atomic mass is 10.1. The fraction of sp³-hybridized carbons (Fsp3) is 0.455. The van der Waals surface area contributed by atoms with E-state index >= 15 is 0 Å². The zero-order valence-corrected chi connectivity index (χ0v) is 19.0. The lowest BCUT2D eigenvalue weighted by Gasteiger charge is -2.36. The summed E-state index contributed by atoms with van der Waals surface area (Å²) in [6, 6.07) is 4.17. The van der Waals surface area contributed by atoms with Crippen molar-refractivity contribution >= 4 is 34.7 Å². The number of hydrogen-bond donors (Lipinski definition) is 0. The lowest BCUT2D eigenvalue weighted by Crippen LogP contribution is -2.47. The SMILES string of the molecule is O=C(c1cnc(N2CCN(c3ccc(C(F)(F)F)cc3[N+](=O)[O-])CC2)c(Cl)c1)N1CCCCC1. The fourth-order valence-corrected chi connectivity index (χ4v) is 4.62. The summed E-state index contributed by atoms with van der Waals surface area (Å²) in [4.78, 5) is 33.1. The number of nitrogens with zero attached hydrogens (tertiary/aromatic N) is 5. The smallest absolute Gasteiger partial charge is 0.362 e. The Labute approximate surface area is 199 Å². The number of rotatable bonds is 4. The number of nitro groups is 1. The van der Waals surface area contributed by atoms with Gasteiger partial charge in [0.15, 0.2) is 0 Å². The highest BCUT2D eigenvalue weighted by Gasteiger charge is 2.34. The van der Waals surface area contributed by atoms with Crippen molar-refractivity contribution in [2.45, 2.75) is 25.4 Å². The molecule has 2 aliphatic rings. The molecule has 1 amide bonds. The molecule has 0 spiro atoms. The van der Waals surface area contributed by atoms with Gasteiger partial charge in [-0.15, -0.1) is 0 Å². The molecular weight excluding hydrogens is 475 g/mol. The van der Waals surface area contributed by atoms with E-state index in [2.05, 4.69) is 4.98 Å². The Bertz CT molecular complexity index is 1080. The van der Waals surface area contributed by atoms with Crippen molar-refractivity contribution in [3.63, 3.8) is 0 Å². The van der Waals surface area contributed by atoms with Crippen LogP contribution in [0.4, 0.5) is 30.4 Å². The Morgan fingerprint density at radius 1 is 1.00 bits per heavy atom.